The molecule has 0 unspecified atom stereocenters. The third kappa shape index (κ3) is 3.74. The standard InChI is InChI=1S/C19H17ClN2O5S/c1-4-27-19(25)16-9(2)14-17(24)21-13(22-18(14)28-16)6-5-10-7-11(20)15(23)12(8-10)26-3/h5-8,23H,4H2,1-3H3,(H,21,22,24). The zero-order valence-corrected chi connectivity index (χ0v) is 16.9. The number of phenols is 1. The van der Waals surface area contributed by atoms with E-state index in [0.29, 0.717) is 32.0 Å². The molecule has 0 amide bonds. The number of nitrogens with one attached hydrogen (secondary N) is 1. The van der Waals surface area contributed by atoms with Gasteiger partial charge in [0.15, 0.2) is 11.5 Å². The van der Waals surface area contributed by atoms with Crippen molar-refractivity contribution in [3.63, 3.8) is 0 Å². The van der Waals surface area contributed by atoms with Gasteiger partial charge in [0, 0.05) is 0 Å². The Morgan fingerprint density at radius 2 is 2.14 bits per heavy atom. The summed E-state index contributed by atoms with van der Waals surface area (Å²) in [6.45, 7) is 3.67. The predicted molar refractivity (Wildman–Crippen MR) is 110 cm³/mol. The highest BCUT2D eigenvalue weighted by Gasteiger charge is 2.19. The smallest absolute Gasteiger partial charge is 0.348 e. The number of fused-ring (bicyclic) bond motifs is 1. The van der Waals surface area contributed by atoms with E-state index in [1.165, 1.54) is 7.11 Å². The normalized spacial score (nSPS) is 11.3. The topological polar surface area (TPSA) is 102 Å². The van der Waals surface area contributed by atoms with E-state index in [4.69, 9.17) is 21.1 Å². The lowest BCUT2D eigenvalue weighted by Gasteiger charge is -2.06. The molecule has 0 aliphatic carbocycles. The first-order valence-electron chi connectivity index (χ1n) is 8.30. The maximum Gasteiger partial charge on any atom is 0.348 e. The van der Waals surface area contributed by atoms with Gasteiger partial charge in [-0.1, -0.05) is 17.7 Å². The van der Waals surface area contributed by atoms with Crippen molar-refractivity contribution >= 4 is 51.3 Å². The molecule has 146 valence electrons. The molecule has 0 bridgehead atoms. The van der Waals surface area contributed by atoms with Crippen LogP contribution >= 0.6 is 22.9 Å². The Hall–Kier alpha value is -2.84. The van der Waals surface area contributed by atoms with Crippen LogP contribution in [-0.2, 0) is 4.74 Å². The molecule has 0 fully saturated rings. The molecule has 0 saturated heterocycles. The van der Waals surface area contributed by atoms with E-state index < -0.39 is 5.97 Å². The second-order valence-electron chi connectivity index (χ2n) is 5.79. The van der Waals surface area contributed by atoms with Gasteiger partial charge in [0.2, 0.25) is 0 Å². The molecule has 0 spiro atoms. The van der Waals surface area contributed by atoms with Crippen LogP contribution in [0.2, 0.25) is 5.02 Å². The van der Waals surface area contributed by atoms with Crippen molar-refractivity contribution in [2.45, 2.75) is 13.8 Å². The van der Waals surface area contributed by atoms with Crippen molar-refractivity contribution in [1.82, 2.24) is 9.97 Å². The average molecular weight is 421 g/mol. The van der Waals surface area contributed by atoms with Gasteiger partial charge in [0.25, 0.3) is 5.56 Å². The molecule has 2 aromatic heterocycles. The van der Waals surface area contributed by atoms with Gasteiger partial charge in [-0.15, -0.1) is 11.3 Å². The molecule has 0 saturated carbocycles. The van der Waals surface area contributed by atoms with Crippen LogP contribution in [0.5, 0.6) is 11.5 Å². The van der Waals surface area contributed by atoms with E-state index in [-0.39, 0.29) is 28.7 Å². The molecule has 9 heteroatoms. The molecule has 2 N–H and O–H groups in total. The number of esters is 1. The van der Waals surface area contributed by atoms with E-state index in [1.807, 2.05) is 0 Å². The molecule has 28 heavy (non-hydrogen) atoms. The Morgan fingerprint density at radius 1 is 1.39 bits per heavy atom. The van der Waals surface area contributed by atoms with Gasteiger partial charge in [-0.25, -0.2) is 9.78 Å². The van der Waals surface area contributed by atoms with Crippen molar-refractivity contribution in [3.8, 4) is 11.5 Å². The summed E-state index contributed by atoms with van der Waals surface area (Å²) in [7, 11) is 1.42. The number of nitrogens with zero attached hydrogens (tertiary/aromatic N) is 1. The molecule has 3 rings (SSSR count). The van der Waals surface area contributed by atoms with Crippen molar-refractivity contribution in [3.05, 3.63) is 49.3 Å². The van der Waals surface area contributed by atoms with E-state index in [9.17, 15) is 14.7 Å². The fraction of sp³-hybridized carbons (Fsp3) is 0.211. The molecule has 3 aromatic rings. The van der Waals surface area contributed by atoms with Crippen molar-refractivity contribution < 1.29 is 19.4 Å². The first-order chi connectivity index (χ1) is 13.3. The van der Waals surface area contributed by atoms with Crippen LogP contribution in [0.4, 0.5) is 0 Å². The number of carbonyl (C=O) groups is 1. The molecule has 7 nitrogen and oxygen atoms in total. The number of rotatable bonds is 5. The molecule has 0 atom stereocenters. The van der Waals surface area contributed by atoms with Crippen LogP contribution in [0.25, 0.3) is 22.4 Å². The zero-order valence-electron chi connectivity index (χ0n) is 15.3. The lowest BCUT2D eigenvalue weighted by Crippen LogP contribution is -2.10. The molecular weight excluding hydrogens is 404 g/mol. The number of thiophene rings is 1. The minimum atomic E-state index is -0.467. The third-order valence-electron chi connectivity index (χ3n) is 3.98. The summed E-state index contributed by atoms with van der Waals surface area (Å²) >= 11 is 7.10. The summed E-state index contributed by atoms with van der Waals surface area (Å²) < 4.78 is 10.1. The summed E-state index contributed by atoms with van der Waals surface area (Å²) in [6.07, 6.45) is 3.27. The van der Waals surface area contributed by atoms with E-state index >= 15 is 0 Å². The van der Waals surface area contributed by atoms with Gasteiger partial charge in [0.1, 0.15) is 15.5 Å². The van der Waals surface area contributed by atoms with Gasteiger partial charge >= 0.3 is 5.97 Å². The number of aromatic amines is 1. The van der Waals surface area contributed by atoms with Crippen molar-refractivity contribution in [2.24, 2.45) is 0 Å². The van der Waals surface area contributed by atoms with Gasteiger partial charge in [-0.2, -0.15) is 0 Å². The van der Waals surface area contributed by atoms with Crippen molar-refractivity contribution in [1.29, 1.82) is 0 Å². The second-order valence-corrected chi connectivity index (χ2v) is 7.20. The third-order valence-corrected chi connectivity index (χ3v) is 5.44. The maximum absolute atomic E-state index is 12.5. The van der Waals surface area contributed by atoms with E-state index in [0.717, 1.165) is 11.3 Å². The van der Waals surface area contributed by atoms with Crippen molar-refractivity contribution in [2.75, 3.05) is 13.7 Å². The maximum atomic E-state index is 12.5. The molecule has 0 aliphatic rings. The quantitative estimate of drug-likeness (QED) is 0.605. The minimum Gasteiger partial charge on any atom is -0.503 e. The summed E-state index contributed by atoms with van der Waals surface area (Å²) in [5, 5.41) is 10.3. The lowest BCUT2D eigenvalue weighted by molar-refractivity contribution is 0.0531. The highest BCUT2D eigenvalue weighted by atomic mass is 35.5. The zero-order chi connectivity index (χ0) is 20.4. The monoisotopic (exact) mass is 420 g/mol. The number of benzene rings is 1. The largest absolute Gasteiger partial charge is 0.503 e. The Balaban J connectivity index is 2.01. The fourth-order valence-corrected chi connectivity index (χ4v) is 3.95. The van der Waals surface area contributed by atoms with Gasteiger partial charge < -0.3 is 19.6 Å². The van der Waals surface area contributed by atoms with Crippen LogP contribution in [0, 0.1) is 6.92 Å². The van der Waals surface area contributed by atoms with Crippen LogP contribution in [0.3, 0.4) is 0 Å². The molecular formula is C19H17ClN2O5S. The van der Waals surface area contributed by atoms with Gasteiger partial charge in [-0.3, -0.25) is 4.79 Å². The molecule has 2 heterocycles. The van der Waals surface area contributed by atoms with Gasteiger partial charge in [-0.05, 0) is 43.2 Å². The number of methoxy groups -OCH3 is 1. The Morgan fingerprint density at radius 3 is 2.82 bits per heavy atom. The summed E-state index contributed by atoms with van der Waals surface area (Å²) in [5.74, 6) is -0.0607. The number of hydrogen-bond donors (Lipinski definition) is 2. The SMILES string of the molecule is CCOC(=O)c1sc2nc(C=Cc3cc(Cl)c(O)c(OC)c3)[nH]c(=O)c2c1C. The summed E-state index contributed by atoms with van der Waals surface area (Å²) in [5.41, 5.74) is 0.866. The summed E-state index contributed by atoms with van der Waals surface area (Å²) in [4.78, 5) is 32.4. The Bertz CT molecular complexity index is 1150. The number of aromatic hydroxyl groups is 1. The summed E-state index contributed by atoms with van der Waals surface area (Å²) in [6, 6.07) is 3.16. The van der Waals surface area contributed by atoms with Crippen LogP contribution in [0.1, 0.15) is 33.5 Å². The number of H-pyrrole nitrogens is 1. The highest BCUT2D eigenvalue weighted by Crippen LogP contribution is 2.35. The number of phenolic OH excluding ortho intramolecular Hbond substituents is 1. The number of hydrogen-bond acceptors (Lipinski definition) is 7. The Labute approximate surface area is 169 Å². The predicted octanol–water partition coefficient (Wildman–Crippen LogP) is 4.01. The molecule has 0 radical (unpaired) electrons. The fourth-order valence-electron chi connectivity index (χ4n) is 2.65. The second kappa shape index (κ2) is 8.04. The highest BCUT2D eigenvalue weighted by molar-refractivity contribution is 7.20. The molecule has 1 aromatic carbocycles. The van der Waals surface area contributed by atoms with Gasteiger partial charge in [0.05, 0.1) is 24.1 Å². The molecule has 0 aliphatic heterocycles. The minimum absolute atomic E-state index is 0.142. The first kappa shape index (κ1) is 19.9. The van der Waals surface area contributed by atoms with Crippen LogP contribution in [-0.4, -0.2) is 34.8 Å². The van der Waals surface area contributed by atoms with Crippen LogP contribution in [0.15, 0.2) is 16.9 Å². The van der Waals surface area contributed by atoms with E-state index in [1.54, 1.807) is 38.1 Å². The van der Waals surface area contributed by atoms with Crippen LogP contribution < -0.4 is 10.3 Å². The first-order valence-corrected chi connectivity index (χ1v) is 9.50. The number of halogens is 1. The Kier molecular flexibility index (Phi) is 5.71. The number of aryl methyl sites for hydroxylation is 1. The average Bonchev–Trinajstić information content (AvgIpc) is 3.00. The lowest BCUT2D eigenvalue weighted by atomic mass is 10.2. The van der Waals surface area contributed by atoms with E-state index in [2.05, 4.69) is 9.97 Å². The number of aromatic nitrogens is 2. The number of carbonyl (C=O) groups excluding carboxylic acids is 1. The number of ether oxygens (including phenoxy) is 2.